The summed E-state index contributed by atoms with van der Waals surface area (Å²) in [6.07, 6.45) is 2.34. The van der Waals surface area contributed by atoms with E-state index in [-0.39, 0.29) is 0 Å². The first kappa shape index (κ1) is 13.4. The van der Waals surface area contributed by atoms with Gasteiger partial charge < -0.3 is 9.47 Å². The van der Waals surface area contributed by atoms with Gasteiger partial charge in [0.25, 0.3) is 0 Å². The zero-order chi connectivity index (χ0) is 14.7. The standard InChI is InChI=1S/C17H16N2O2/c1-20-16-8-7-12(10-17(16)21-2)9-15-13-5-3-4-6-14(13)18-11-19-15/h3-8,10-11H,9H2,1-2H3. The van der Waals surface area contributed by atoms with Gasteiger partial charge in [0.1, 0.15) is 6.33 Å². The highest BCUT2D eigenvalue weighted by atomic mass is 16.5. The molecule has 0 saturated carbocycles. The monoisotopic (exact) mass is 280 g/mol. The highest BCUT2D eigenvalue weighted by Gasteiger charge is 2.08. The summed E-state index contributed by atoms with van der Waals surface area (Å²) in [7, 11) is 3.27. The molecule has 0 aliphatic rings. The Morgan fingerprint density at radius 3 is 2.52 bits per heavy atom. The molecule has 4 nitrogen and oxygen atoms in total. The number of hydrogen-bond donors (Lipinski definition) is 0. The van der Waals surface area contributed by atoms with Crippen molar-refractivity contribution in [1.82, 2.24) is 9.97 Å². The fourth-order valence-electron chi connectivity index (χ4n) is 2.39. The molecular weight excluding hydrogens is 264 g/mol. The summed E-state index contributed by atoms with van der Waals surface area (Å²) in [6, 6.07) is 13.9. The minimum Gasteiger partial charge on any atom is -0.493 e. The Labute approximate surface area is 123 Å². The van der Waals surface area contributed by atoms with Crippen LogP contribution in [-0.4, -0.2) is 24.2 Å². The molecule has 4 heteroatoms. The summed E-state index contributed by atoms with van der Waals surface area (Å²) in [5.41, 5.74) is 3.09. The highest BCUT2D eigenvalue weighted by molar-refractivity contribution is 5.80. The van der Waals surface area contributed by atoms with E-state index in [4.69, 9.17) is 9.47 Å². The van der Waals surface area contributed by atoms with Crippen LogP contribution in [0.15, 0.2) is 48.8 Å². The molecule has 0 N–H and O–H groups in total. The molecule has 0 unspecified atom stereocenters. The number of ether oxygens (including phenoxy) is 2. The van der Waals surface area contributed by atoms with Crippen LogP contribution in [0.1, 0.15) is 11.3 Å². The summed E-state index contributed by atoms with van der Waals surface area (Å²) in [5, 5.41) is 1.08. The lowest BCUT2D eigenvalue weighted by Gasteiger charge is -2.10. The summed E-state index contributed by atoms with van der Waals surface area (Å²) < 4.78 is 10.6. The molecule has 0 aliphatic heterocycles. The Hall–Kier alpha value is -2.62. The third kappa shape index (κ3) is 2.65. The third-order valence-electron chi connectivity index (χ3n) is 3.44. The number of aromatic nitrogens is 2. The van der Waals surface area contributed by atoms with Crippen LogP contribution in [0.4, 0.5) is 0 Å². The SMILES string of the molecule is COc1ccc(Cc2ncnc3ccccc23)cc1OC. The second-order valence-electron chi connectivity index (χ2n) is 4.70. The van der Waals surface area contributed by atoms with E-state index >= 15 is 0 Å². The van der Waals surface area contributed by atoms with Crippen molar-refractivity contribution >= 4 is 10.9 Å². The zero-order valence-electron chi connectivity index (χ0n) is 12.0. The number of methoxy groups -OCH3 is 2. The molecule has 0 saturated heterocycles. The normalized spacial score (nSPS) is 10.6. The lowest BCUT2D eigenvalue weighted by molar-refractivity contribution is 0.354. The average Bonchev–Trinajstić information content (AvgIpc) is 2.55. The van der Waals surface area contributed by atoms with Crippen molar-refractivity contribution in [2.24, 2.45) is 0 Å². The van der Waals surface area contributed by atoms with Crippen molar-refractivity contribution in [2.75, 3.05) is 14.2 Å². The second kappa shape index (κ2) is 5.79. The van der Waals surface area contributed by atoms with Crippen molar-refractivity contribution in [2.45, 2.75) is 6.42 Å². The molecule has 2 aromatic carbocycles. The van der Waals surface area contributed by atoms with Crippen LogP contribution in [0, 0.1) is 0 Å². The molecular formula is C17H16N2O2. The smallest absolute Gasteiger partial charge is 0.160 e. The number of hydrogen-bond acceptors (Lipinski definition) is 4. The summed E-state index contributed by atoms with van der Waals surface area (Å²) in [4.78, 5) is 8.71. The van der Waals surface area contributed by atoms with Gasteiger partial charge in [0.15, 0.2) is 11.5 Å². The van der Waals surface area contributed by atoms with Crippen molar-refractivity contribution in [1.29, 1.82) is 0 Å². The van der Waals surface area contributed by atoms with Crippen LogP contribution >= 0.6 is 0 Å². The molecule has 0 fully saturated rings. The number of para-hydroxylation sites is 1. The van der Waals surface area contributed by atoms with Gasteiger partial charge in [0, 0.05) is 11.8 Å². The molecule has 0 bridgehead atoms. The predicted octanol–water partition coefficient (Wildman–Crippen LogP) is 3.24. The highest BCUT2D eigenvalue weighted by Crippen LogP contribution is 2.29. The second-order valence-corrected chi connectivity index (χ2v) is 4.70. The molecule has 0 amide bonds. The summed E-state index contributed by atoms with van der Waals surface area (Å²) in [6.45, 7) is 0. The Morgan fingerprint density at radius 1 is 0.905 bits per heavy atom. The fraction of sp³-hybridized carbons (Fsp3) is 0.176. The molecule has 21 heavy (non-hydrogen) atoms. The van der Waals surface area contributed by atoms with E-state index in [1.807, 2.05) is 42.5 Å². The largest absolute Gasteiger partial charge is 0.493 e. The van der Waals surface area contributed by atoms with Gasteiger partial charge >= 0.3 is 0 Å². The molecule has 3 aromatic rings. The number of fused-ring (bicyclic) bond motifs is 1. The first-order valence-electron chi connectivity index (χ1n) is 6.71. The average molecular weight is 280 g/mol. The first-order chi connectivity index (χ1) is 10.3. The van der Waals surface area contributed by atoms with Gasteiger partial charge in [-0.25, -0.2) is 9.97 Å². The van der Waals surface area contributed by atoms with Gasteiger partial charge in [-0.15, -0.1) is 0 Å². The van der Waals surface area contributed by atoms with Crippen molar-refractivity contribution in [3.8, 4) is 11.5 Å². The Kier molecular flexibility index (Phi) is 3.69. The van der Waals surface area contributed by atoms with Crippen molar-refractivity contribution in [3.63, 3.8) is 0 Å². The predicted molar refractivity (Wildman–Crippen MR) is 81.9 cm³/mol. The number of nitrogens with zero attached hydrogens (tertiary/aromatic N) is 2. The summed E-state index contributed by atoms with van der Waals surface area (Å²) >= 11 is 0. The van der Waals surface area contributed by atoms with Gasteiger partial charge in [0.05, 0.1) is 25.4 Å². The van der Waals surface area contributed by atoms with Crippen LogP contribution in [0.5, 0.6) is 11.5 Å². The lowest BCUT2D eigenvalue weighted by atomic mass is 10.1. The quantitative estimate of drug-likeness (QED) is 0.736. The van der Waals surface area contributed by atoms with Gasteiger partial charge in [-0.1, -0.05) is 24.3 Å². The molecule has 0 spiro atoms. The summed E-state index contributed by atoms with van der Waals surface area (Å²) in [5.74, 6) is 1.46. The molecule has 0 radical (unpaired) electrons. The molecule has 3 rings (SSSR count). The Balaban J connectivity index is 1.99. The maximum atomic E-state index is 5.34. The van der Waals surface area contributed by atoms with Crippen LogP contribution < -0.4 is 9.47 Å². The maximum absolute atomic E-state index is 5.34. The Bertz CT molecular complexity index is 766. The van der Waals surface area contributed by atoms with Gasteiger partial charge in [-0.05, 0) is 23.8 Å². The van der Waals surface area contributed by atoms with Crippen LogP contribution in [0.25, 0.3) is 10.9 Å². The van der Waals surface area contributed by atoms with E-state index in [1.165, 1.54) is 0 Å². The van der Waals surface area contributed by atoms with Gasteiger partial charge in [0.2, 0.25) is 0 Å². The van der Waals surface area contributed by atoms with Crippen LogP contribution in [0.3, 0.4) is 0 Å². The maximum Gasteiger partial charge on any atom is 0.160 e. The zero-order valence-corrected chi connectivity index (χ0v) is 12.0. The van der Waals surface area contributed by atoms with Gasteiger partial charge in [-0.2, -0.15) is 0 Å². The van der Waals surface area contributed by atoms with Gasteiger partial charge in [-0.3, -0.25) is 0 Å². The topological polar surface area (TPSA) is 44.2 Å². The first-order valence-corrected chi connectivity index (χ1v) is 6.71. The minimum absolute atomic E-state index is 0.726. The van der Waals surface area contributed by atoms with Crippen LogP contribution in [-0.2, 0) is 6.42 Å². The number of rotatable bonds is 4. The molecule has 0 aliphatic carbocycles. The third-order valence-corrected chi connectivity index (χ3v) is 3.44. The van der Waals surface area contributed by atoms with Crippen molar-refractivity contribution in [3.05, 3.63) is 60.0 Å². The van der Waals surface area contributed by atoms with Crippen LogP contribution in [0.2, 0.25) is 0 Å². The lowest BCUT2D eigenvalue weighted by Crippen LogP contribution is -1.97. The van der Waals surface area contributed by atoms with E-state index in [0.29, 0.717) is 0 Å². The van der Waals surface area contributed by atoms with E-state index < -0.39 is 0 Å². The van der Waals surface area contributed by atoms with Crippen molar-refractivity contribution < 1.29 is 9.47 Å². The van der Waals surface area contributed by atoms with E-state index in [0.717, 1.165) is 40.1 Å². The van der Waals surface area contributed by atoms with E-state index in [9.17, 15) is 0 Å². The number of benzene rings is 2. The van der Waals surface area contributed by atoms with E-state index in [1.54, 1.807) is 20.5 Å². The molecule has 1 aromatic heterocycles. The Morgan fingerprint density at radius 2 is 1.71 bits per heavy atom. The van der Waals surface area contributed by atoms with E-state index in [2.05, 4.69) is 9.97 Å². The fourth-order valence-corrected chi connectivity index (χ4v) is 2.39. The minimum atomic E-state index is 0.726. The molecule has 1 heterocycles. The molecule has 0 atom stereocenters. The molecule has 106 valence electrons.